The molecule has 12 heteroatoms. The SMILES string of the molecule is CO[C@H]1/C=C\C=C(/C)C(=O)NC2=CC(=O)C3(OC)OC3(C[C@@H](C)C[C@H](OC)[C@H](O)[C@@H](C)/C=C(\C)[C@@H]1OC(N)=O)C2=O. The lowest BCUT2D eigenvalue weighted by Crippen LogP contribution is -2.49. The maximum absolute atomic E-state index is 13.6. The van der Waals surface area contributed by atoms with Crippen LogP contribution in [-0.4, -0.2) is 85.8 Å². The van der Waals surface area contributed by atoms with Gasteiger partial charge in [0.2, 0.25) is 11.6 Å². The highest BCUT2D eigenvalue weighted by molar-refractivity contribution is 6.21. The number of Topliss-reactive ketones (excluding diaryl/α,β-unsaturated/α-hetero) is 1. The molecule has 0 radical (unpaired) electrons. The van der Waals surface area contributed by atoms with E-state index >= 15 is 0 Å². The van der Waals surface area contributed by atoms with Crippen LogP contribution < -0.4 is 11.1 Å². The number of ketones is 2. The van der Waals surface area contributed by atoms with Crippen LogP contribution in [0.25, 0.3) is 0 Å². The molecule has 0 aromatic rings. The van der Waals surface area contributed by atoms with E-state index in [1.54, 1.807) is 26.0 Å². The quantitative estimate of drug-likeness (QED) is 0.329. The Morgan fingerprint density at radius 1 is 1.15 bits per heavy atom. The molecule has 1 fully saturated rings. The third-order valence-corrected chi connectivity index (χ3v) is 7.84. The molecule has 2 amide bonds. The first-order chi connectivity index (χ1) is 19.3. The molecule has 3 rings (SSSR count). The Bertz CT molecular complexity index is 1190. The number of primary amides is 1. The Morgan fingerprint density at radius 2 is 1.83 bits per heavy atom. The molecular weight excluding hydrogens is 536 g/mol. The highest BCUT2D eigenvalue weighted by Gasteiger charge is 2.81. The standard InChI is InChI=1S/C29H40N2O10/c1-15-11-21(38-6)23(33)17(3)12-18(4)24(40-27(30)36)20(37-5)10-8-9-16(2)26(35)31-19-13-22(32)29(39-7)28(14-15,41-29)25(19)34/h8-10,12-13,15,17,20-21,23-24,33H,11,14H2,1-7H3,(H2,30,36)(H,31,35)/b10-8-,16-9+,18-12+/t15-,17-,20-,21-,23+,24-,28?,29?/m0/s1. The lowest BCUT2D eigenvalue weighted by molar-refractivity contribution is -0.137. The molecular formula is C29H40N2O10. The number of nitrogens with one attached hydrogen (secondary N) is 1. The van der Waals surface area contributed by atoms with Crippen LogP contribution in [0.1, 0.15) is 40.5 Å². The van der Waals surface area contributed by atoms with Crippen LogP contribution in [-0.2, 0) is 38.1 Å². The fourth-order valence-corrected chi connectivity index (χ4v) is 5.59. The van der Waals surface area contributed by atoms with Crippen molar-refractivity contribution in [1.29, 1.82) is 0 Å². The highest BCUT2D eigenvalue weighted by Crippen LogP contribution is 2.57. The number of fused-ring (bicyclic) bond motifs is 1. The highest BCUT2D eigenvalue weighted by atomic mass is 16.8. The topological polar surface area (TPSA) is 176 Å². The van der Waals surface area contributed by atoms with Gasteiger partial charge in [-0.15, -0.1) is 0 Å². The Kier molecular flexibility index (Phi) is 10.1. The van der Waals surface area contributed by atoms with Gasteiger partial charge in [0.1, 0.15) is 6.10 Å². The van der Waals surface area contributed by atoms with E-state index < -0.39 is 65.3 Å². The van der Waals surface area contributed by atoms with Crippen LogP contribution in [0.4, 0.5) is 4.79 Å². The first-order valence-electron chi connectivity index (χ1n) is 13.4. The van der Waals surface area contributed by atoms with Crippen molar-refractivity contribution in [3.8, 4) is 0 Å². The number of aliphatic hydroxyl groups excluding tert-OH is 1. The van der Waals surface area contributed by atoms with Crippen molar-refractivity contribution in [2.75, 3.05) is 21.3 Å². The molecule has 3 aliphatic rings. The van der Waals surface area contributed by atoms with Crippen LogP contribution >= 0.6 is 0 Å². The summed E-state index contributed by atoms with van der Waals surface area (Å²) in [6, 6.07) is 0. The van der Waals surface area contributed by atoms with Crippen molar-refractivity contribution >= 4 is 23.6 Å². The van der Waals surface area contributed by atoms with E-state index in [-0.39, 0.29) is 23.6 Å². The lowest BCUT2D eigenvalue weighted by Gasteiger charge is -2.30. The number of nitrogens with two attached hydrogens (primary N) is 1. The number of carbonyl (C=O) groups is 4. The third-order valence-electron chi connectivity index (χ3n) is 7.84. The van der Waals surface area contributed by atoms with Crippen molar-refractivity contribution in [2.24, 2.45) is 17.6 Å². The molecule has 4 N–H and O–H groups in total. The molecule has 226 valence electrons. The first-order valence-corrected chi connectivity index (χ1v) is 13.4. The summed E-state index contributed by atoms with van der Waals surface area (Å²) in [5.74, 6) is -4.28. The molecule has 41 heavy (non-hydrogen) atoms. The summed E-state index contributed by atoms with van der Waals surface area (Å²) in [7, 11) is 4.18. The van der Waals surface area contributed by atoms with Gasteiger partial charge in [0.15, 0.2) is 11.7 Å². The summed E-state index contributed by atoms with van der Waals surface area (Å²) in [5, 5.41) is 13.7. The Hall–Kier alpha value is -3.16. The van der Waals surface area contributed by atoms with E-state index in [1.165, 1.54) is 40.4 Å². The molecule has 1 spiro atoms. The largest absolute Gasteiger partial charge is 0.439 e. The van der Waals surface area contributed by atoms with E-state index in [4.69, 9.17) is 29.4 Å². The van der Waals surface area contributed by atoms with Gasteiger partial charge in [-0.05, 0) is 38.2 Å². The van der Waals surface area contributed by atoms with Gasteiger partial charge >= 0.3 is 6.09 Å². The fraction of sp³-hybridized carbons (Fsp3) is 0.586. The molecule has 0 aromatic heterocycles. The smallest absolute Gasteiger partial charge is 0.405 e. The summed E-state index contributed by atoms with van der Waals surface area (Å²) < 4.78 is 27.7. The Morgan fingerprint density at radius 3 is 2.41 bits per heavy atom. The van der Waals surface area contributed by atoms with Gasteiger partial charge in [0.05, 0.1) is 17.9 Å². The lowest BCUT2D eigenvalue weighted by atomic mass is 9.78. The van der Waals surface area contributed by atoms with Crippen LogP contribution in [0.2, 0.25) is 0 Å². The summed E-state index contributed by atoms with van der Waals surface area (Å²) in [4.78, 5) is 51.3. The minimum Gasteiger partial charge on any atom is -0.439 e. The van der Waals surface area contributed by atoms with Crippen LogP contribution in [0.3, 0.4) is 0 Å². The Labute approximate surface area is 239 Å². The second-order valence-corrected chi connectivity index (χ2v) is 10.8. The van der Waals surface area contributed by atoms with Gasteiger partial charge in [-0.3, -0.25) is 14.4 Å². The fourth-order valence-electron chi connectivity index (χ4n) is 5.59. The van der Waals surface area contributed by atoms with Gasteiger partial charge in [-0.2, -0.15) is 0 Å². The van der Waals surface area contributed by atoms with Crippen LogP contribution in [0.5, 0.6) is 0 Å². The van der Waals surface area contributed by atoms with Gasteiger partial charge in [0, 0.05) is 38.9 Å². The van der Waals surface area contributed by atoms with Crippen molar-refractivity contribution in [3.05, 3.63) is 47.2 Å². The normalized spacial score (nSPS) is 40.2. The molecule has 12 nitrogen and oxygen atoms in total. The number of epoxide rings is 1. The number of hydrogen-bond acceptors (Lipinski definition) is 10. The van der Waals surface area contributed by atoms with Crippen molar-refractivity contribution in [3.63, 3.8) is 0 Å². The second kappa shape index (κ2) is 12.8. The maximum atomic E-state index is 13.6. The number of amides is 2. The van der Waals surface area contributed by atoms with Crippen molar-refractivity contribution in [1.82, 2.24) is 5.32 Å². The molecule has 2 aliphatic heterocycles. The van der Waals surface area contributed by atoms with Crippen molar-refractivity contribution in [2.45, 2.75) is 76.3 Å². The molecule has 2 unspecified atom stereocenters. The zero-order chi connectivity index (χ0) is 30.7. The van der Waals surface area contributed by atoms with Crippen LogP contribution in [0, 0.1) is 11.8 Å². The number of methoxy groups -OCH3 is 3. The molecule has 8 atom stereocenters. The Balaban J connectivity index is 2.07. The predicted octanol–water partition coefficient (Wildman–Crippen LogP) is 1.62. The molecule has 2 heterocycles. The minimum atomic E-state index is -1.77. The second-order valence-electron chi connectivity index (χ2n) is 10.8. The van der Waals surface area contributed by atoms with E-state index in [1.807, 2.05) is 6.92 Å². The van der Waals surface area contributed by atoms with E-state index in [0.717, 1.165) is 6.08 Å². The number of hydrogen-bond donors (Lipinski definition) is 3. The average Bonchev–Trinajstić information content (AvgIpc) is 3.60. The number of rotatable bonds is 4. The summed E-state index contributed by atoms with van der Waals surface area (Å²) >= 11 is 0. The number of allylic oxidation sites excluding steroid dienone is 2. The monoisotopic (exact) mass is 576 g/mol. The summed E-state index contributed by atoms with van der Waals surface area (Å²) in [6.07, 6.45) is 3.37. The summed E-state index contributed by atoms with van der Waals surface area (Å²) in [5.41, 5.74) is 4.30. The van der Waals surface area contributed by atoms with E-state index in [2.05, 4.69) is 5.32 Å². The molecule has 0 saturated carbocycles. The number of carbonyl (C=O) groups excluding carboxylic acids is 4. The van der Waals surface area contributed by atoms with E-state index in [0.29, 0.717) is 12.0 Å². The summed E-state index contributed by atoms with van der Waals surface area (Å²) in [6.45, 7) is 6.88. The zero-order valence-electron chi connectivity index (χ0n) is 24.5. The van der Waals surface area contributed by atoms with Gasteiger partial charge < -0.3 is 39.8 Å². The zero-order valence-corrected chi connectivity index (χ0v) is 24.5. The molecule has 0 aromatic carbocycles. The molecule has 1 aliphatic carbocycles. The minimum absolute atomic E-state index is 0.0794. The van der Waals surface area contributed by atoms with Gasteiger partial charge in [-0.1, -0.05) is 38.2 Å². The van der Waals surface area contributed by atoms with Crippen molar-refractivity contribution < 1.29 is 48.0 Å². The first kappa shape index (κ1) is 32.4. The molecule has 2 bridgehead atoms. The van der Waals surface area contributed by atoms with E-state index in [9.17, 15) is 24.3 Å². The third kappa shape index (κ3) is 6.36. The van der Waals surface area contributed by atoms with Gasteiger partial charge in [0.25, 0.3) is 11.7 Å². The number of ether oxygens (including phenoxy) is 5. The van der Waals surface area contributed by atoms with Gasteiger partial charge in [-0.25, -0.2) is 4.79 Å². The maximum Gasteiger partial charge on any atom is 0.405 e. The average molecular weight is 577 g/mol. The van der Waals surface area contributed by atoms with Crippen LogP contribution in [0.15, 0.2) is 47.2 Å². The predicted molar refractivity (Wildman–Crippen MR) is 146 cm³/mol. The number of aliphatic hydroxyl groups is 1. The molecule has 1 saturated heterocycles.